The van der Waals surface area contributed by atoms with Crippen LogP contribution in [0, 0.1) is 13.8 Å². The van der Waals surface area contributed by atoms with Crippen molar-refractivity contribution in [3.05, 3.63) is 63.7 Å². The number of methoxy groups -OCH3 is 1. The van der Waals surface area contributed by atoms with Gasteiger partial charge >= 0.3 is 5.97 Å². The molecule has 5 nitrogen and oxygen atoms in total. The highest BCUT2D eigenvalue weighted by Crippen LogP contribution is 2.28. The molecule has 0 bridgehead atoms. The van der Waals surface area contributed by atoms with E-state index in [2.05, 4.69) is 5.32 Å². The molecule has 2 aromatic rings. The molecule has 2 aromatic carbocycles. The standard InChI is InChI=1S/C19H20ClNO4/c1-11-4-5-12(2)14(8-11)10-17(22)21-18(19(23)24)13-6-7-16(25-3)15(20)9-13/h4-9,18H,10H2,1-3H3,(H,21,22)(H,23,24). The van der Waals surface area contributed by atoms with Crippen molar-refractivity contribution in [2.75, 3.05) is 7.11 Å². The first-order valence-electron chi connectivity index (χ1n) is 7.73. The number of carboxylic acid groups (broad SMARTS) is 1. The molecule has 0 aliphatic heterocycles. The van der Waals surface area contributed by atoms with Gasteiger partial charge in [-0.25, -0.2) is 4.79 Å². The molecule has 1 atom stereocenters. The summed E-state index contributed by atoms with van der Waals surface area (Å²) in [4.78, 5) is 23.9. The van der Waals surface area contributed by atoms with Gasteiger partial charge in [-0.2, -0.15) is 0 Å². The number of carbonyl (C=O) groups excluding carboxylic acids is 1. The van der Waals surface area contributed by atoms with E-state index in [0.717, 1.165) is 16.7 Å². The Balaban J connectivity index is 2.18. The lowest BCUT2D eigenvalue weighted by molar-refractivity contribution is -0.141. The average molecular weight is 362 g/mol. The Hall–Kier alpha value is -2.53. The second-order valence-corrected chi connectivity index (χ2v) is 6.25. The number of rotatable bonds is 6. The van der Waals surface area contributed by atoms with Gasteiger partial charge < -0.3 is 15.2 Å². The molecule has 0 aromatic heterocycles. The summed E-state index contributed by atoms with van der Waals surface area (Å²) in [6.07, 6.45) is 0.112. The van der Waals surface area contributed by atoms with Gasteiger partial charge in [-0.3, -0.25) is 4.79 Å². The number of ether oxygens (including phenoxy) is 1. The predicted molar refractivity (Wildman–Crippen MR) is 96.1 cm³/mol. The zero-order chi connectivity index (χ0) is 18.6. The van der Waals surface area contributed by atoms with E-state index in [9.17, 15) is 14.7 Å². The molecular formula is C19H20ClNO4. The summed E-state index contributed by atoms with van der Waals surface area (Å²) in [7, 11) is 1.47. The van der Waals surface area contributed by atoms with Crippen LogP contribution in [-0.4, -0.2) is 24.1 Å². The van der Waals surface area contributed by atoms with Gasteiger partial charge in [0, 0.05) is 0 Å². The lowest BCUT2D eigenvalue weighted by Gasteiger charge is -2.16. The van der Waals surface area contributed by atoms with Crippen molar-refractivity contribution in [2.24, 2.45) is 0 Å². The van der Waals surface area contributed by atoms with E-state index in [1.54, 1.807) is 12.1 Å². The maximum absolute atomic E-state index is 12.3. The van der Waals surface area contributed by atoms with Gasteiger partial charge in [-0.05, 0) is 42.7 Å². The zero-order valence-electron chi connectivity index (χ0n) is 14.3. The van der Waals surface area contributed by atoms with Crippen LogP contribution in [0.1, 0.15) is 28.3 Å². The number of amides is 1. The molecule has 1 amide bonds. The second kappa shape index (κ2) is 8.03. The molecule has 0 saturated carbocycles. The first kappa shape index (κ1) is 18.8. The van der Waals surface area contributed by atoms with Crippen molar-refractivity contribution in [1.29, 1.82) is 0 Å². The molecule has 0 radical (unpaired) electrons. The fourth-order valence-electron chi connectivity index (χ4n) is 2.53. The third-order valence-corrected chi connectivity index (χ3v) is 4.21. The van der Waals surface area contributed by atoms with E-state index in [1.165, 1.54) is 13.2 Å². The molecule has 0 saturated heterocycles. The number of halogens is 1. The Labute approximate surface area is 151 Å². The predicted octanol–water partition coefficient (Wildman–Crippen LogP) is 3.45. The number of aryl methyl sites for hydroxylation is 2. The Morgan fingerprint density at radius 3 is 2.52 bits per heavy atom. The van der Waals surface area contributed by atoms with Crippen LogP contribution < -0.4 is 10.1 Å². The number of nitrogens with one attached hydrogen (secondary N) is 1. The maximum atomic E-state index is 12.3. The van der Waals surface area contributed by atoms with Gasteiger partial charge in [0.05, 0.1) is 18.6 Å². The van der Waals surface area contributed by atoms with Crippen LogP contribution in [0.5, 0.6) is 5.75 Å². The second-order valence-electron chi connectivity index (χ2n) is 5.84. The highest BCUT2D eigenvalue weighted by Gasteiger charge is 2.23. The van der Waals surface area contributed by atoms with Gasteiger partial charge in [0.15, 0.2) is 6.04 Å². The molecule has 0 aliphatic rings. The SMILES string of the molecule is COc1ccc(C(NC(=O)Cc2cc(C)ccc2C)C(=O)O)cc1Cl. The van der Waals surface area contributed by atoms with Crippen molar-refractivity contribution in [3.63, 3.8) is 0 Å². The van der Waals surface area contributed by atoms with Crippen molar-refractivity contribution >= 4 is 23.5 Å². The number of hydrogen-bond donors (Lipinski definition) is 2. The number of hydrogen-bond acceptors (Lipinski definition) is 3. The third-order valence-electron chi connectivity index (χ3n) is 3.92. The molecule has 132 valence electrons. The van der Waals surface area contributed by atoms with Crippen LogP contribution in [0.25, 0.3) is 0 Å². The van der Waals surface area contributed by atoms with E-state index >= 15 is 0 Å². The quantitative estimate of drug-likeness (QED) is 0.826. The third kappa shape index (κ3) is 4.73. The van der Waals surface area contributed by atoms with Gasteiger partial charge in [-0.1, -0.05) is 41.4 Å². The van der Waals surface area contributed by atoms with Gasteiger partial charge in [-0.15, -0.1) is 0 Å². The van der Waals surface area contributed by atoms with Crippen LogP contribution in [0.2, 0.25) is 5.02 Å². The maximum Gasteiger partial charge on any atom is 0.330 e. The largest absolute Gasteiger partial charge is 0.495 e. The van der Waals surface area contributed by atoms with Crippen LogP contribution in [0.15, 0.2) is 36.4 Å². The smallest absolute Gasteiger partial charge is 0.330 e. The summed E-state index contributed by atoms with van der Waals surface area (Å²) in [5.41, 5.74) is 3.28. The van der Waals surface area contributed by atoms with E-state index in [-0.39, 0.29) is 17.4 Å². The van der Waals surface area contributed by atoms with E-state index in [4.69, 9.17) is 16.3 Å². The van der Waals surface area contributed by atoms with Gasteiger partial charge in [0.2, 0.25) is 5.91 Å². The van der Waals surface area contributed by atoms with Crippen LogP contribution in [0.3, 0.4) is 0 Å². The van der Waals surface area contributed by atoms with Crippen molar-refractivity contribution in [1.82, 2.24) is 5.32 Å². The summed E-state index contributed by atoms with van der Waals surface area (Å²) in [5.74, 6) is -1.08. The topological polar surface area (TPSA) is 75.6 Å². The van der Waals surface area contributed by atoms with Crippen molar-refractivity contribution < 1.29 is 19.4 Å². The minimum absolute atomic E-state index is 0.112. The van der Waals surface area contributed by atoms with Crippen LogP contribution in [-0.2, 0) is 16.0 Å². The molecule has 1 unspecified atom stereocenters. The first-order chi connectivity index (χ1) is 11.8. The molecule has 0 spiro atoms. The molecule has 0 aliphatic carbocycles. The molecule has 0 heterocycles. The molecule has 0 fully saturated rings. The molecule has 2 rings (SSSR count). The molecule has 6 heteroatoms. The Kier molecular flexibility index (Phi) is 6.04. The fraction of sp³-hybridized carbons (Fsp3) is 0.263. The molecular weight excluding hydrogens is 342 g/mol. The monoisotopic (exact) mass is 361 g/mol. The minimum Gasteiger partial charge on any atom is -0.495 e. The molecule has 25 heavy (non-hydrogen) atoms. The fourth-order valence-corrected chi connectivity index (χ4v) is 2.79. The lowest BCUT2D eigenvalue weighted by atomic mass is 10.0. The summed E-state index contributed by atoms with van der Waals surface area (Å²) in [5, 5.41) is 12.3. The number of aliphatic carboxylic acids is 1. The van der Waals surface area contributed by atoms with Crippen molar-refractivity contribution in [2.45, 2.75) is 26.3 Å². The van der Waals surface area contributed by atoms with Crippen LogP contribution >= 0.6 is 11.6 Å². The zero-order valence-corrected chi connectivity index (χ0v) is 15.1. The lowest BCUT2D eigenvalue weighted by Crippen LogP contribution is -2.34. The highest BCUT2D eigenvalue weighted by atomic mass is 35.5. The number of benzene rings is 2. The highest BCUT2D eigenvalue weighted by molar-refractivity contribution is 6.32. The Morgan fingerprint density at radius 1 is 1.20 bits per heavy atom. The normalized spacial score (nSPS) is 11.7. The van der Waals surface area contributed by atoms with E-state index in [0.29, 0.717) is 11.3 Å². The van der Waals surface area contributed by atoms with Crippen LogP contribution in [0.4, 0.5) is 0 Å². The number of carbonyl (C=O) groups is 2. The summed E-state index contributed by atoms with van der Waals surface area (Å²) < 4.78 is 5.06. The minimum atomic E-state index is -1.18. The number of carboxylic acids is 1. The average Bonchev–Trinajstić information content (AvgIpc) is 2.55. The Morgan fingerprint density at radius 2 is 1.92 bits per heavy atom. The van der Waals surface area contributed by atoms with E-state index in [1.807, 2.05) is 32.0 Å². The van der Waals surface area contributed by atoms with Crippen molar-refractivity contribution in [3.8, 4) is 5.75 Å². The summed E-state index contributed by atoms with van der Waals surface area (Å²) >= 11 is 6.05. The summed E-state index contributed by atoms with van der Waals surface area (Å²) in [6, 6.07) is 9.28. The van der Waals surface area contributed by atoms with Gasteiger partial charge in [0.25, 0.3) is 0 Å². The summed E-state index contributed by atoms with van der Waals surface area (Å²) in [6.45, 7) is 3.86. The van der Waals surface area contributed by atoms with E-state index < -0.39 is 12.0 Å². The first-order valence-corrected chi connectivity index (χ1v) is 8.11. The Bertz CT molecular complexity index is 804. The van der Waals surface area contributed by atoms with Gasteiger partial charge in [0.1, 0.15) is 5.75 Å². The molecule has 2 N–H and O–H groups in total.